The molecule has 0 rings (SSSR count). The Hall–Kier alpha value is -3.60. The number of phosphoric ester groups is 1. The molecule has 0 amide bonds. The molecule has 0 aromatic rings. The highest BCUT2D eigenvalue weighted by Crippen LogP contribution is 2.43. The normalized spacial score (nSPS) is 14.2. The van der Waals surface area contributed by atoms with E-state index < -0.39 is 64.4 Å². The minimum absolute atomic E-state index is 0.00972. The smallest absolute Gasteiger partial charge is 0.461 e. The van der Waals surface area contributed by atoms with Crippen molar-refractivity contribution in [1.82, 2.24) is 0 Å². The molecule has 400 valence electrons. The number of phosphoric acid groups is 1. The van der Waals surface area contributed by atoms with Gasteiger partial charge in [0.15, 0.2) is 6.10 Å². The number of esters is 3. The van der Waals surface area contributed by atoms with Gasteiger partial charge in [0.25, 0.3) is 0 Å². The van der Waals surface area contributed by atoms with Crippen molar-refractivity contribution < 1.29 is 52.2 Å². The molecule has 0 aliphatic carbocycles. The first-order chi connectivity index (χ1) is 34.2. The van der Waals surface area contributed by atoms with Crippen LogP contribution in [0.3, 0.4) is 0 Å². The molecule has 0 saturated heterocycles. The van der Waals surface area contributed by atoms with Crippen molar-refractivity contribution in [1.29, 1.82) is 0 Å². The summed E-state index contributed by atoms with van der Waals surface area (Å²) in [6.07, 6.45) is 59.8. The van der Waals surface area contributed by atoms with Gasteiger partial charge in [-0.05, 0) is 77.0 Å². The number of rotatable bonds is 49. The molecule has 2 N–H and O–H groups in total. The van der Waals surface area contributed by atoms with E-state index in [9.17, 15) is 28.9 Å². The number of ether oxygens (including phenoxy) is 3. The van der Waals surface area contributed by atoms with Crippen molar-refractivity contribution in [2.45, 2.75) is 226 Å². The molecule has 0 aromatic carbocycles. The fourth-order valence-corrected chi connectivity index (χ4v) is 7.76. The molecule has 0 bridgehead atoms. The highest BCUT2D eigenvalue weighted by atomic mass is 31.2. The molecule has 0 aliphatic heterocycles. The molecule has 12 heteroatoms. The third kappa shape index (κ3) is 49.4. The average molecular weight is 1000 g/mol. The Balaban J connectivity index is 4.87. The summed E-state index contributed by atoms with van der Waals surface area (Å²) in [6, 6.07) is 0. The average Bonchev–Trinajstić information content (AvgIpc) is 3.35. The summed E-state index contributed by atoms with van der Waals surface area (Å²) in [6.45, 7) is 4.26. The molecule has 0 aliphatic rings. The second kappa shape index (κ2) is 51.7. The number of carbonyl (C=O) groups excluding carboxylic acids is 3. The van der Waals surface area contributed by atoms with Crippen molar-refractivity contribution in [2.75, 3.05) is 26.4 Å². The van der Waals surface area contributed by atoms with Crippen LogP contribution in [0.4, 0.5) is 0 Å². The highest BCUT2D eigenvalue weighted by Gasteiger charge is 2.28. The summed E-state index contributed by atoms with van der Waals surface area (Å²) in [5, 5.41) is 9.78. The lowest BCUT2D eigenvalue weighted by atomic mass is 10.0. The van der Waals surface area contributed by atoms with E-state index in [2.05, 4.69) is 99.8 Å². The monoisotopic (exact) mass is 1000 g/mol. The van der Waals surface area contributed by atoms with Crippen LogP contribution in [0.5, 0.6) is 0 Å². The molecule has 0 radical (unpaired) electrons. The Morgan fingerprint density at radius 3 is 1.21 bits per heavy atom. The van der Waals surface area contributed by atoms with Gasteiger partial charge in [0.05, 0.1) is 26.2 Å². The van der Waals surface area contributed by atoms with Crippen LogP contribution in [-0.4, -0.2) is 66.5 Å². The van der Waals surface area contributed by atoms with Crippen molar-refractivity contribution in [3.05, 3.63) is 97.2 Å². The van der Waals surface area contributed by atoms with Gasteiger partial charge in [-0.2, -0.15) is 0 Å². The molecule has 3 atom stereocenters. The van der Waals surface area contributed by atoms with Crippen LogP contribution in [0, 0.1) is 0 Å². The van der Waals surface area contributed by atoms with Crippen molar-refractivity contribution >= 4 is 25.7 Å². The van der Waals surface area contributed by atoms with Gasteiger partial charge < -0.3 is 24.2 Å². The lowest BCUT2D eigenvalue weighted by molar-refractivity contribution is -0.161. The molecule has 0 aromatic heterocycles. The number of hydrogen-bond donors (Lipinski definition) is 2. The van der Waals surface area contributed by atoms with Gasteiger partial charge in [0, 0.05) is 12.8 Å². The van der Waals surface area contributed by atoms with Crippen LogP contribution < -0.4 is 0 Å². The van der Waals surface area contributed by atoms with E-state index in [0.29, 0.717) is 19.3 Å². The molecule has 70 heavy (non-hydrogen) atoms. The minimum atomic E-state index is -4.77. The fraction of sp³-hybridized carbons (Fsp3) is 0.672. The molecular weight excluding hydrogens is 904 g/mol. The van der Waals surface area contributed by atoms with Crippen molar-refractivity contribution in [3.8, 4) is 0 Å². The van der Waals surface area contributed by atoms with Gasteiger partial charge in [-0.3, -0.25) is 23.4 Å². The minimum Gasteiger partial charge on any atom is -0.461 e. The summed E-state index contributed by atoms with van der Waals surface area (Å²) >= 11 is 0. The Kier molecular flexibility index (Phi) is 49.1. The number of aliphatic hydroxyl groups excluding tert-OH is 1. The Labute approximate surface area is 425 Å². The number of carbonyl (C=O) groups is 3. The molecule has 0 heterocycles. The first-order valence-electron chi connectivity index (χ1n) is 27.1. The van der Waals surface area contributed by atoms with Gasteiger partial charge in [0.1, 0.15) is 12.7 Å². The van der Waals surface area contributed by atoms with E-state index >= 15 is 0 Å². The zero-order valence-corrected chi connectivity index (χ0v) is 44.8. The van der Waals surface area contributed by atoms with Gasteiger partial charge in [-0.1, -0.05) is 214 Å². The SMILES string of the molecule is CC/C=C\C/C=C\C/C=C\C/C=C\C/C=C\CC(=O)OCC(COP(=O)(O)OCC(CO)OC(=O)CCCCC/C=C\C/C=C\C/C=C\CC)OC(=O)CCCCCCCCCCCCCCCCC. The summed E-state index contributed by atoms with van der Waals surface area (Å²) in [5.41, 5.74) is 0. The van der Waals surface area contributed by atoms with Crippen LogP contribution in [0.2, 0.25) is 0 Å². The van der Waals surface area contributed by atoms with Crippen LogP contribution in [0.1, 0.15) is 213 Å². The second-order valence-electron chi connectivity index (χ2n) is 17.7. The van der Waals surface area contributed by atoms with Crippen molar-refractivity contribution in [2.24, 2.45) is 0 Å². The summed E-state index contributed by atoms with van der Waals surface area (Å²) in [7, 11) is -4.77. The van der Waals surface area contributed by atoms with Gasteiger partial charge >= 0.3 is 25.7 Å². The first-order valence-corrected chi connectivity index (χ1v) is 28.6. The summed E-state index contributed by atoms with van der Waals surface area (Å²) < 4.78 is 39.3. The maximum absolute atomic E-state index is 12.9. The number of allylic oxidation sites excluding steroid dienone is 15. The quantitative estimate of drug-likeness (QED) is 0.0197. The largest absolute Gasteiger partial charge is 0.472 e. The number of unbranched alkanes of at least 4 members (excludes halogenated alkanes) is 17. The van der Waals surface area contributed by atoms with Gasteiger partial charge in [-0.25, -0.2) is 4.57 Å². The highest BCUT2D eigenvalue weighted by molar-refractivity contribution is 7.47. The molecule has 11 nitrogen and oxygen atoms in total. The number of aliphatic hydroxyl groups is 1. The van der Waals surface area contributed by atoms with E-state index in [-0.39, 0.29) is 19.3 Å². The topological polar surface area (TPSA) is 155 Å². The van der Waals surface area contributed by atoms with E-state index in [4.69, 9.17) is 23.3 Å². The maximum atomic E-state index is 12.9. The zero-order valence-electron chi connectivity index (χ0n) is 43.9. The lowest BCUT2D eigenvalue weighted by Crippen LogP contribution is -2.30. The molecular formula is C58H97O11P. The standard InChI is InChI=1S/C58H97O11P/c1-4-7-10-13-16-19-22-25-27-30-32-35-38-41-44-47-56(60)65-51-55(69-58(62)49-46-43-40-37-34-31-28-26-23-20-17-14-11-8-5-2)53-67-70(63,64)66-52-54(50-59)68-57(61)48-45-42-39-36-33-29-24-21-18-15-12-9-6-3/h7,9-10,12,16,18-19,21,25,27,29,32-33,35,41,44,54-55,59H,4-6,8,11,13-15,17,20,22-24,26,28,30-31,34,36-40,42-43,45-53H2,1-3H3,(H,63,64)/b10-7-,12-9-,19-16-,21-18-,27-25-,33-29-,35-32-,44-41-. The van der Waals surface area contributed by atoms with Crippen LogP contribution >= 0.6 is 7.82 Å². The van der Waals surface area contributed by atoms with E-state index in [1.54, 1.807) is 6.08 Å². The number of hydrogen-bond acceptors (Lipinski definition) is 10. The fourth-order valence-electron chi connectivity index (χ4n) is 6.97. The van der Waals surface area contributed by atoms with Crippen LogP contribution in [-0.2, 0) is 42.2 Å². The van der Waals surface area contributed by atoms with E-state index in [1.807, 2.05) is 12.2 Å². The third-order valence-corrected chi connectivity index (χ3v) is 12.0. The Morgan fingerprint density at radius 2 is 0.786 bits per heavy atom. The lowest BCUT2D eigenvalue weighted by Gasteiger charge is -2.21. The predicted molar refractivity (Wildman–Crippen MR) is 288 cm³/mol. The third-order valence-electron chi connectivity index (χ3n) is 11.0. The van der Waals surface area contributed by atoms with Gasteiger partial charge in [-0.15, -0.1) is 0 Å². The van der Waals surface area contributed by atoms with E-state index in [1.165, 1.54) is 70.6 Å². The molecule has 3 unspecified atom stereocenters. The summed E-state index contributed by atoms with van der Waals surface area (Å²) in [5.74, 6) is -1.65. The predicted octanol–water partition coefficient (Wildman–Crippen LogP) is 15.7. The maximum Gasteiger partial charge on any atom is 0.472 e. The second-order valence-corrected chi connectivity index (χ2v) is 19.1. The Bertz CT molecular complexity index is 1540. The molecule has 0 saturated carbocycles. The zero-order chi connectivity index (χ0) is 51.3. The molecule has 0 fully saturated rings. The van der Waals surface area contributed by atoms with Gasteiger partial charge in [0.2, 0.25) is 0 Å². The molecule has 0 spiro atoms. The summed E-state index contributed by atoms with van der Waals surface area (Å²) in [4.78, 5) is 48.3. The van der Waals surface area contributed by atoms with Crippen LogP contribution in [0.15, 0.2) is 97.2 Å². The van der Waals surface area contributed by atoms with Crippen LogP contribution in [0.25, 0.3) is 0 Å². The van der Waals surface area contributed by atoms with E-state index in [0.717, 1.165) is 83.5 Å². The Morgan fingerprint density at radius 1 is 0.429 bits per heavy atom. The first kappa shape index (κ1) is 66.4. The van der Waals surface area contributed by atoms with Crippen molar-refractivity contribution in [3.63, 3.8) is 0 Å².